The summed E-state index contributed by atoms with van der Waals surface area (Å²) >= 11 is 0. The molecular weight excluding hydrogens is 259 g/mol. The van der Waals surface area contributed by atoms with Gasteiger partial charge in [0, 0.05) is 0 Å². The van der Waals surface area contributed by atoms with Crippen molar-refractivity contribution < 1.29 is 13.9 Å². The van der Waals surface area contributed by atoms with Crippen LogP contribution < -0.4 is 5.73 Å². The van der Waals surface area contributed by atoms with Gasteiger partial charge in [0.1, 0.15) is 12.4 Å². The minimum Gasteiger partial charge on any atom is -0.457 e. The summed E-state index contributed by atoms with van der Waals surface area (Å²) in [5.74, 6) is -1.29. The highest BCUT2D eigenvalue weighted by Gasteiger charge is 2.10. The van der Waals surface area contributed by atoms with Crippen molar-refractivity contribution in [2.45, 2.75) is 6.61 Å². The molecule has 20 heavy (non-hydrogen) atoms. The van der Waals surface area contributed by atoms with Crippen molar-refractivity contribution in [2.24, 2.45) is 0 Å². The number of nitrogens with zero attached hydrogens (tertiary/aromatic N) is 1. The van der Waals surface area contributed by atoms with E-state index in [0.717, 1.165) is 11.6 Å². The first kappa shape index (κ1) is 13.6. The van der Waals surface area contributed by atoms with Gasteiger partial charge >= 0.3 is 5.97 Å². The average molecular weight is 270 g/mol. The van der Waals surface area contributed by atoms with Crippen LogP contribution in [-0.2, 0) is 11.3 Å². The lowest BCUT2D eigenvalue weighted by atomic mass is 10.1. The molecule has 0 aliphatic carbocycles. The number of ether oxygens (including phenoxy) is 1. The van der Waals surface area contributed by atoms with Crippen molar-refractivity contribution in [1.82, 2.24) is 0 Å². The number of nitrogen functional groups attached to an aromatic ring is 1. The van der Waals surface area contributed by atoms with Gasteiger partial charge in [0.25, 0.3) is 0 Å². The molecule has 5 heteroatoms. The Morgan fingerprint density at radius 3 is 2.55 bits per heavy atom. The molecule has 0 saturated carbocycles. The molecule has 0 heterocycles. The minimum atomic E-state index is -0.655. The van der Waals surface area contributed by atoms with E-state index in [4.69, 9.17) is 15.7 Å². The summed E-state index contributed by atoms with van der Waals surface area (Å²) in [6.45, 7) is 0.0521. The quantitative estimate of drug-likeness (QED) is 0.687. The van der Waals surface area contributed by atoms with Crippen LogP contribution in [0.3, 0.4) is 0 Å². The average Bonchev–Trinajstić information content (AvgIpc) is 2.48. The lowest BCUT2D eigenvalue weighted by Gasteiger charge is -2.06. The number of halogens is 1. The van der Waals surface area contributed by atoms with Gasteiger partial charge in [0.2, 0.25) is 0 Å². The molecule has 2 aromatic carbocycles. The number of esters is 1. The van der Waals surface area contributed by atoms with Gasteiger partial charge in [-0.15, -0.1) is 0 Å². The van der Waals surface area contributed by atoms with Gasteiger partial charge < -0.3 is 10.5 Å². The van der Waals surface area contributed by atoms with E-state index in [9.17, 15) is 9.18 Å². The summed E-state index contributed by atoms with van der Waals surface area (Å²) < 4.78 is 18.3. The molecule has 0 fully saturated rings. The molecule has 0 saturated heterocycles. The van der Waals surface area contributed by atoms with Crippen LogP contribution in [0.15, 0.2) is 42.5 Å². The van der Waals surface area contributed by atoms with E-state index in [0.29, 0.717) is 5.56 Å². The Bertz CT molecular complexity index is 675. The van der Waals surface area contributed by atoms with E-state index >= 15 is 0 Å². The highest BCUT2D eigenvalue weighted by molar-refractivity contribution is 5.89. The lowest BCUT2D eigenvalue weighted by Crippen LogP contribution is -2.06. The lowest BCUT2D eigenvalue weighted by molar-refractivity contribution is 0.0472. The summed E-state index contributed by atoms with van der Waals surface area (Å²) in [7, 11) is 0. The zero-order chi connectivity index (χ0) is 14.5. The number of nitriles is 1. The fourth-order valence-electron chi connectivity index (χ4n) is 1.56. The zero-order valence-corrected chi connectivity index (χ0v) is 10.5. The van der Waals surface area contributed by atoms with Crippen LogP contribution in [0, 0.1) is 17.1 Å². The molecule has 4 nitrogen and oxygen atoms in total. The summed E-state index contributed by atoms with van der Waals surface area (Å²) in [6.07, 6.45) is 0. The maximum atomic E-state index is 13.2. The molecule has 0 aliphatic heterocycles. The van der Waals surface area contributed by atoms with Crippen molar-refractivity contribution in [3.63, 3.8) is 0 Å². The van der Waals surface area contributed by atoms with Crippen molar-refractivity contribution in [3.05, 3.63) is 65.0 Å². The molecule has 0 amide bonds. The van der Waals surface area contributed by atoms with Gasteiger partial charge in [-0.05, 0) is 35.9 Å². The largest absolute Gasteiger partial charge is 0.457 e. The maximum Gasteiger partial charge on any atom is 0.338 e. The van der Waals surface area contributed by atoms with Crippen LogP contribution in [0.1, 0.15) is 21.5 Å². The number of anilines is 1. The molecule has 0 aromatic heterocycles. The second kappa shape index (κ2) is 5.85. The van der Waals surface area contributed by atoms with Crippen molar-refractivity contribution in [1.29, 1.82) is 5.26 Å². The Kier molecular flexibility index (Phi) is 3.96. The summed E-state index contributed by atoms with van der Waals surface area (Å²) in [5, 5.41) is 8.66. The van der Waals surface area contributed by atoms with Crippen LogP contribution in [0.25, 0.3) is 0 Å². The molecule has 0 aliphatic rings. The third-order valence-electron chi connectivity index (χ3n) is 2.69. The molecule has 2 aromatic rings. The summed E-state index contributed by atoms with van der Waals surface area (Å²) in [4.78, 5) is 11.7. The molecule has 0 atom stereocenters. The van der Waals surface area contributed by atoms with Crippen molar-refractivity contribution >= 4 is 11.7 Å². The van der Waals surface area contributed by atoms with E-state index in [1.165, 1.54) is 12.1 Å². The number of hydrogen-bond donors (Lipinski definition) is 1. The fraction of sp³-hybridized carbons (Fsp3) is 0.0667. The van der Waals surface area contributed by atoms with Crippen LogP contribution >= 0.6 is 0 Å². The van der Waals surface area contributed by atoms with Crippen LogP contribution in [0.2, 0.25) is 0 Å². The highest BCUT2D eigenvalue weighted by atomic mass is 19.1. The monoisotopic (exact) mass is 270 g/mol. The van der Waals surface area contributed by atoms with Crippen LogP contribution in [0.5, 0.6) is 0 Å². The minimum absolute atomic E-state index is 0.0198. The van der Waals surface area contributed by atoms with Crippen molar-refractivity contribution in [3.8, 4) is 6.07 Å². The summed E-state index contributed by atoms with van der Waals surface area (Å²) in [6, 6.07) is 12.4. The van der Waals surface area contributed by atoms with Gasteiger partial charge in [-0.2, -0.15) is 5.26 Å². The second-order valence-electron chi connectivity index (χ2n) is 4.12. The first-order chi connectivity index (χ1) is 9.60. The predicted molar refractivity (Wildman–Crippen MR) is 71.1 cm³/mol. The Balaban J connectivity index is 2.01. The van der Waals surface area contributed by atoms with Gasteiger partial charge in [-0.3, -0.25) is 0 Å². The smallest absolute Gasteiger partial charge is 0.338 e. The molecule has 2 rings (SSSR count). The second-order valence-corrected chi connectivity index (χ2v) is 4.12. The first-order valence-electron chi connectivity index (χ1n) is 5.81. The third kappa shape index (κ3) is 3.12. The molecule has 100 valence electrons. The number of nitrogens with two attached hydrogens (primary N) is 1. The van der Waals surface area contributed by atoms with E-state index in [-0.39, 0.29) is 17.9 Å². The molecule has 0 spiro atoms. The van der Waals surface area contributed by atoms with Gasteiger partial charge in [0.15, 0.2) is 0 Å². The highest BCUT2D eigenvalue weighted by Crippen LogP contribution is 2.13. The Labute approximate surface area is 115 Å². The summed E-state index contributed by atoms with van der Waals surface area (Å²) in [5.41, 5.74) is 6.68. The van der Waals surface area contributed by atoms with E-state index in [2.05, 4.69) is 0 Å². The standard InChI is InChI=1S/C15H11FN2O2/c16-13-7-12(5-6-14(13)18)15(19)20-9-11-3-1-10(8-17)2-4-11/h1-7H,9,18H2. The predicted octanol–water partition coefficient (Wildman–Crippen LogP) is 2.64. The molecule has 0 bridgehead atoms. The first-order valence-corrected chi connectivity index (χ1v) is 5.81. The molecule has 0 radical (unpaired) electrons. The number of carbonyl (C=O) groups excluding carboxylic acids is 1. The van der Waals surface area contributed by atoms with Crippen LogP contribution in [0.4, 0.5) is 10.1 Å². The number of carbonyl (C=O) groups is 1. The van der Waals surface area contributed by atoms with Gasteiger partial charge in [-0.1, -0.05) is 12.1 Å². The molecular formula is C15H11FN2O2. The maximum absolute atomic E-state index is 13.2. The topological polar surface area (TPSA) is 76.1 Å². The number of rotatable bonds is 3. The fourth-order valence-corrected chi connectivity index (χ4v) is 1.56. The Hall–Kier alpha value is -2.87. The van der Waals surface area contributed by atoms with E-state index < -0.39 is 11.8 Å². The zero-order valence-electron chi connectivity index (χ0n) is 10.5. The SMILES string of the molecule is N#Cc1ccc(COC(=O)c2ccc(N)c(F)c2)cc1. The van der Waals surface area contributed by atoms with Gasteiger partial charge in [0.05, 0.1) is 22.9 Å². The molecule has 2 N–H and O–H groups in total. The van der Waals surface area contributed by atoms with Crippen molar-refractivity contribution in [2.75, 3.05) is 5.73 Å². The third-order valence-corrected chi connectivity index (χ3v) is 2.69. The Morgan fingerprint density at radius 2 is 1.95 bits per heavy atom. The molecule has 0 unspecified atom stereocenters. The Morgan fingerprint density at radius 1 is 1.25 bits per heavy atom. The number of hydrogen-bond acceptors (Lipinski definition) is 4. The van der Waals surface area contributed by atoms with E-state index in [1.54, 1.807) is 24.3 Å². The van der Waals surface area contributed by atoms with Crippen LogP contribution in [-0.4, -0.2) is 5.97 Å². The van der Waals surface area contributed by atoms with Gasteiger partial charge in [-0.25, -0.2) is 9.18 Å². The normalized spacial score (nSPS) is 9.80. The number of benzene rings is 2. The van der Waals surface area contributed by atoms with E-state index in [1.807, 2.05) is 6.07 Å².